The summed E-state index contributed by atoms with van der Waals surface area (Å²) < 4.78 is 5.57. The highest BCUT2D eigenvalue weighted by Crippen LogP contribution is 2.44. The first kappa shape index (κ1) is 31.0. The number of carbonyl (C=O) groups is 1. The molecular formula is C32H47N9O2. The first-order valence-electron chi connectivity index (χ1n) is 15.7. The Labute approximate surface area is 255 Å². The lowest BCUT2D eigenvalue weighted by molar-refractivity contribution is -0.127. The number of carbonyl (C=O) groups excluding carboxylic acids is 1. The lowest BCUT2D eigenvalue weighted by atomic mass is 9.68. The number of nitrogens with zero attached hydrogens (tertiary/aromatic N) is 5. The van der Waals surface area contributed by atoms with Gasteiger partial charge in [0, 0.05) is 89.1 Å². The van der Waals surface area contributed by atoms with Gasteiger partial charge in [0.1, 0.15) is 17.6 Å². The van der Waals surface area contributed by atoms with Crippen molar-refractivity contribution in [1.29, 1.82) is 10.7 Å². The molecule has 0 spiro atoms. The number of hydrogen-bond acceptors (Lipinski definition) is 10. The van der Waals surface area contributed by atoms with Crippen LogP contribution in [0.15, 0.2) is 34.5 Å². The maximum atomic E-state index is 13.9. The van der Waals surface area contributed by atoms with E-state index in [9.17, 15) is 10.1 Å². The number of aromatic nitrogens is 1. The fraction of sp³-hybridized carbons (Fsp3) is 0.625. The maximum Gasteiger partial charge on any atom is 0.235 e. The highest BCUT2D eigenvalue weighted by Gasteiger charge is 2.42. The van der Waals surface area contributed by atoms with E-state index >= 15 is 0 Å². The fourth-order valence-electron chi connectivity index (χ4n) is 7.07. The summed E-state index contributed by atoms with van der Waals surface area (Å²) in [5, 5.41) is 25.2. The SMILES string of the molecule is CC1=C(/C(C#N)=C(\C)N)C(C)(C(=O)NC(=N)c2cc(N3CCNCC3)cc(N3CCN(C4CCOCC4)CC3)n2)CCC1. The van der Waals surface area contributed by atoms with Gasteiger partial charge in [-0.1, -0.05) is 5.57 Å². The molecule has 4 aliphatic rings. The average Bonchev–Trinajstić information content (AvgIpc) is 3.03. The number of allylic oxidation sites excluding steroid dienone is 3. The van der Waals surface area contributed by atoms with Gasteiger partial charge < -0.3 is 30.9 Å². The first-order chi connectivity index (χ1) is 20.7. The molecule has 1 amide bonds. The topological polar surface area (TPSA) is 147 Å². The summed E-state index contributed by atoms with van der Waals surface area (Å²) in [5.41, 5.74) is 9.04. The Balaban J connectivity index is 1.39. The van der Waals surface area contributed by atoms with Crippen molar-refractivity contribution in [1.82, 2.24) is 20.5 Å². The Bertz CT molecular complexity index is 1310. The van der Waals surface area contributed by atoms with Crippen LogP contribution >= 0.6 is 0 Å². The number of nitrogens with one attached hydrogen (secondary N) is 3. The van der Waals surface area contributed by atoms with Crippen molar-refractivity contribution >= 4 is 23.2 Å². The number of pyridine rings is 1. The van der Waals surface area contributed by atoms with Gasteiger partial charge in [0.15, 0.2) is 5.84 Å². The van der Waals surface area contributed by atoms with E-state index in [2.05, 4.69) is 37.5 Å². The summed E-state index contributed by atoms with van der Waals surface area (Å²) >= 11 is 0. The minimum absolute atomic E-state index is 0.0279. The molecule has 232 valence electrons. The lowest BCUT2D eigenvalue weighted by Gasteiger charge is -2.41. The molecule has 11 heteroatoms. The van der Waals surface area contributed by atoms with Crippen molar-refractivity contribution in [2.24, 2.45) is 11.1 Å². The highest BCUT2D eigenvalue weighted by atomic mass is 16.5. The van der Waals surface area contributed by atoms with Crippen molar-refractivity contribution < 1.29 is 9.53 Å². The number of ether oxygens (including phenoxy) is 1. The smallest absolute Gasteiger partial charge is 0.235 e. The van der Waals surface area contributed by atoms with Gasteiger partial charge in [0.2, 0.25) is 5.91 Å². The third-order valence-corrected chi connectivity index (χ3v) is 9.58. The number of nitrogens with two attached hydrogens (primary N) is 1. The highest BCUT2D eigenvalue weighted by molar-refractivity contribution is 6.08. The van der Waals surface area contributed by atoms with Crippen LogP contribution in [0.4, 0.5) is 11.5 Å². The molecule has 0 aromatic carbocycles. The van der Waals surface area contributed by atoms with Crippen molar-refractivity contribution in [3.8, 4) is 6.07 Å². The van der Waals surface area contributed by atoms with Crippen LogP contribution in [0.25, 0.3) is 0 Å². The number of piperazine rings is 2. The number of rotatable bonds is 6. The van der Waals surface area contributed by atoms with Gasteiger partial charge in [-0.3, -0.25) is 15.1 Å². The van der Waals surface area contributed by atoms with Gasteiger partial charge in [-0.15, -0.1) is 0 Å². The second-order valence-electron chi connectivity index (χ2n) is 12.5. The van der Waals surface area contributed by atoms with Crippen LogP contribution < -0.4 is 26.2 Å². The largest absolute Gasteiger partial charge is 0.401 e. The van der Waals surface area contributed by atoms with Crippen LogP contribution in [0.2, 0.25) is 0 Å². The van der Waals surface area contributed by atoms with Crippen molar-refractivity contribution in [2.75, 3.05) is 75.4 Å². The van der Waals surface area contributed by atoms with Gasteiger partial charge in [-0.25, -0.2) is 4.98 Å². The maximum absolute atomic E-state index is 13.9. The van der Waals surface area contributed by atoms with E-state index in [4.69, 9.17) is 20.9 Å². The summed E-state index contributed by atoms with van der Waals surface area (Å²) in [5.74, 6) is 0.506. The van der Waals surface area contributed by atoms with Crippen molar-refractivity contribution in [3.05, 3.63) is 40.2 Å². The van der Waals surface area contributed by atoms with Gasteiger partial charge >= 0.3 is 0 Å². The minimum Gasteiger partial charge on any atom is -0.401 e. The molecule has 11 nitrogen and oxygen atoms in total. The monoisotopic (exact) mass is 589 g/mol. The van der Waals surface area contributed by atoms with Gasteiger partial charge in [0.25, 0.3) is 0 Å². The molecule has 1 aliphatic carbocycles. The van der Waals surface area contributed by atoms with Crippen LogP contribution in [-0.2, 0) is 9.53 Å². The Morgan fingerprint density at radius 3 is 2.51 bits per heavy atom. The van der Waals surface area contributed by atoms with E-state index in [1.54, 1.807) is 6.92 Å². The zero-order valence-corrected chi connectivity index (χ0v) is 26.0. The first-order valence-corrected chi connectivity index (χ1v) is 15.7. The third kappa shape index (κ3) is 6.71. The predicted octanol–water partition coefficient (Wildman–Crippen LogP) is 2.50. The molecular weight excluding hydrogens is 542 g/mol. The number of nitriles is 1. The molecule has 1 atom stereocenters. The predicted molar refractivity (Wildman–Crippen MR) is 169 cm³/mol. The van der Waals surface area contributed by atoms with E-state index in [-0.39, 0.29) is 11.7 Å². The molecule has 5 N–H and O–H groups in total. The Kier molecular flexibility index (Phi) is 9.69. The Hall–Kier alpha value is -3.46. The molecule has 4 heterocycles. The van der Waals surface area contributed by atoms with Crippen LogP contribution in [0.3, 0.4) is 0 Å². The van der Waals surface area contributed by atoms with Crippen LogP contribution in [0, 0.1) is 22.2 Å². The van der Waals surface area contributed by atoms with Crippen LogP contribution in [0.5, 0.6) is 0 Å². The van der Waals surface area contributed by atoms with E-state index in [0.29, 0.717) is 35.0 Å². The fourth-order valence-corrected chi connectivity index (χ4v) is 7.07. The number of amidine groups is 1. The minimum atomic E-state index is -0.972. The molecule has 3 fully saturated rings. The van der Waals surface area contributed by atoms with Gasteiger partial charge in [-0.05, 0) is 64.5 Å². The number of hydrogen-bond donors (Lipinski definition) is 4. The summed E-state index contributed by atoms with van der Waals surface area (Å²) in [6.07, 6.45) is 4.39. The molecule has 0 radical (unpaired) electrons. The van der Waals surface area contributed by atoms with E-state index < -0.39 is 5.41 Å². The molecule has 43 heavy (non-hydrogen) atoms. The Morgan fingerprint density at radius 2 is 1.86 bits per heavy atom. The van der Waals surface area contributed by atoms with E-state index in [1.165, 1.54) is 0 Å². The van der Waals surface area contributed by atoms with Crippen molar-refractivity contribution in [2.45, 2.75) is 58.9 Å². The summed E-state index contributed by atoms with van der Waals surface area (Å²) in [6, 6.07) is 6.87. The van der Waals surface area contributed by atoms with Gasteiger partial charge in [0.05, 0.1) is 11.0 Å². The molecule has 0 bridgehead atoms. The second-order valence-corrected chi connectivity index (χ2v) is 12.5. The van der Waals surface area contributed by atoms with Crippen LogP contribution in [0.1, 0.15) is 58.6 Å². The Morgan fingerprint density at radius 1 is 1.16 bits per heavy atom. The normalized spacial score (nSPS) is 24.8. The van der Waals surface area contributed by atoms with E-state index in [1.807, 2.05) is 19.9 Å². The number of amides is 1. The number of anilines is 2. The molecule has 3 saturated heterocycles. The average molecular weight is 590 g/mol. The quantitative estimate of drug-likeness (QED) is 0.223. The van der Waals surface area contributed by atoms with E-state index in [0.717, 1.165) is 108 Å². The summed E-state index contributed by atoms with van der Waals surface area (Å²) in [7, 11) is 0. The zero-order valence-electron chi connectivity index (χ0n) is 26.0. The zero-order chi connectivity index (χ0) is 30.6. The molecule has 0 saturated carbocycles. The standard InChI is InChI=1S/C32H47N9O2/c1-22-5-4-8-32(3,29(22)26(21-33)23(2)34)31(42)38-30(35)27-19-25(39-11-9-36-10-12-39)20-28(37-27)41-15-13-40(14-16-41)24-6-17-43-18-7-24/h19-20,24,36H,4-18,34H2,1-3H3,(H2,35,38,42)/b26-23+. The molecule has 1 unspecified atom stereocenters. The van der Waals surface area contributed by atoms with Gasteiger partial charge in [-0.2, -0.15) is 5.26 Å². The van der Waals surface area contributed by atoms with Crippen molar-refractivity contribution in [3.63, 3.8) is 0 Å². The summed E-state index contributed by atoms with van der Waals surface area (Å²) in [4.78, 5) is 26.1. The molecule has 1 aromatic rings. The lowest BCUT2D eigenvalue weighted by Crippen LogP contribution is -2.52. The molecule has 1 aromatic heterocycles. The van der Waals surface area contributed by atoms with Crippen LogP contribution in [-0.4, -0.2) is 93.2 Å². The second kappa shape index (κ2) is 13.5. The molecule has 5 rings (SSSR count). The summed E-state index contributed by atoms with van der Waals surface area (Å²) in [6.45, 7) is 14.4. The third-order valence-electron chi connectivity index (χ3n) is 9.58. The molecule has 3 aliphatic heterocycles.